The lowest BCUT2D eigenvalue weighted by Crippen LogP contribution is -2.13. The first-order valence-corrected chi connectivity index (χ1v) is 10.3. The Kier molecular flexibility index (Phi) is 5.32. The lowest BCUT2D eigenvalue weighted by molar-refractivity contribution is -0.113. The number of nitrogens with one attached hydrogen (secondary N) is 2. The molecule has 0 bridgehead atoms. The Hall–Kier alpha value is -2.50. The lowest BCUT2D eigenvalue weighted by atomic mass is 10.1. The summed E-state index contributed by atoms with van der Waals surface area (Å²) in [4.78, 5) is 17.0. The van der Waals surface area contributed by atoms with Crippen LogP contribution in [-0.4, -0.2) is 16.6 Å². The number of hydrogen-bond acceptors (Lipinski definition) is 2. The van der Waals surface area contributed by atoms with Crippen molar-refractivity contribution >= 4 is 50.2 Å². The van der Waals surface area contributed by atoms with E-state index in [1.54, 1.807) is 11.8 Å². The molecule has 3 aromatic carbocycles. The van der Waals surface area contributed by atoms with Gasteiger partial charge >= 0.3 is 0 Å². The zero-order valence-corrected chi connectivity index (χ0v) is 16.8. The molecule has 0 unspecified atom stereocenters. The summed E-state index contributed by atoms with van der Waals surface area (Å²) in [6.45, 7) is 0. The van der Waals surface area contributed by atoms with Crippen molar-refractivity contribution in [2.45, 2.75) is 4.90 Å². The van der Waals surface area contributed by atoms with Gasteiger partial charge in [-0.15, -0.1) is 11.8 Å². The molecule has 0 saturated carbocycles. The first-order valence-electron chi connectivity index (χ1n) is 8.55. The maximum Gasteiger partial charge on any atom is 0.234 e. The van der Waals surface area contributed by atoms with Crippen LogP contribution in [0.15, 0.2) is 88.2 Å². The van der Waals surface area contributed by atoms with Crippen LogP contribution >= 0.6 is 27.7 Å². The van der Waals surface area contributed by atoms with Gasteiger partial charge in [-0.25, -0.2) is 0 Å². The van der Waals surface area contributed by atoms with E-state index in [4.69, 9.17) is 0 Å². The molecule has 4 rings (SSSR count). The second-order valence-electron chi connectivity index (χ2n) is 6.08. The van der Waals surface area contributed by atoms with Crippen LogP contribution in [0.3, 0.4) is 0 Å². The molecule has 0 fully saturated rings. The number of aromatic amines is 1. The molecule has 0 aliphatic carbocycles. The van der Waals surface area contributed by atoms with Gasteiger partial charge in [0.1, 0.15) is 0 Å². The van der Waals surface area contributed by atoms with Gasteiger partial charge in [0.05, 0.1) is 11.4 Å². The van der Waals surface area contributed by atoms with Crippen LogP contribution in [-0.2, 0) is 4.79 Å². The van der Waals surface area contributed by atoms with Crippen molar-refractivity contribution in [3.8, 4) is 11.3 Å². The largest absolute Gasteiger partial charge is 0.354 e. The molecule has 1 amide bonds. The summed E-state index contributed by atoms with van der Waals surface area (Å²) in [5, 5.41) is 4.08. The van der Waals surface area contributed by atoms with E-state index >= 15 is 0 Å². The molecule has 0 saturated heterocycles. The fourth-order valence-electron chi connectivity index (χ4n) is 2.94. The van der Waals surface area contributed by atoms with Gasteiger partial charge < -0.3 is 10.3 Å². The molecular weight excluding hydrogens is 420 g/mol. The van der Waals surface area contributed by atoms with Gasteiger partial charge in [0.25, 0.3) is 0 Å². The summed E-state index contributed by atoms with van der Waals surface area (Å²) in [6, 6.07) is 26.0. The number of para-hydroxylation sites is 1. The van der Waals surface area contributed by atoms with E-state index in [1.165, 1.54) is 0 Å². The van der Waals surface area contributed by atoms with Crippen molar-refractivity contribution in [3.05, 3.63) is 83.3 Å². The number of rotatable bonds is 5. The van der Waals surface area contributed by atoms with Crippen LogP contribution in [0.2, 0.25) is 0 Å². The molecule has 0 spiro atoms. The van der Waals surface area contributed by atoms with Gasteiger partial charge in [-0.2, -0.15) is 0 Å². The SMILES string of the molecule is O=C(CSc1c(-c2ccccc2)[nH]c2ccccc12)Nc1ccc(Br)cc1. The van der Waals surface area contributed by atoms with Crippen LogP contribution in [0.1, 0.15) is 0 Å². The molecule has 3 nitrogen and oxygen atoms in total. The first kappa shape index (κ1) is 17.9. The molecule has 4 aromatic rings. The number of thioether (sulfide) groups is 1. The Balaban J connectivity index is 1.57. The van der Waals surface area contributed by atoms with Crippen molar-refractivity contribution in [3.63, 3.8) is 0 Å². The number of carbonyl (C=O) groups excluding carboxylic acids is 1. The monoisotopic (exact) mass is 436 g/mol. The van der Waals surface area contributed by atoms with E-state index in [9.17, 15) is 4.79 Å². The molecule has 1 aromatic heterocycles. The molecule has 134 valence electrons. The van der Waals surface area contributed by atoms with Crippen LogP contribution in [0.5, 0.6) is 0 Å². The Morgan fingerprint density at radius 1 is 0.926 bits per heavy atom. The number of fused-ring (bicyclic) bond motifs is 1. The highest BCUT2D eigenvalue weighted by Gasteiger charge is 2.15. The number of benzene rings is 3. The molecule has 0 atom stereocenters. The average molecular weight is 437 g/mol. The second-order valence-corrected chi connectivity index (χ2v) is 7.99. The van der Waals surface area contributed by atoms with Gasteiger partial charge in [-0.1, -0.05) is 64.5 Å². The van der Waals surface area contributed by atoms with Crippen molar-refractivity contribution in [2.24, 2.45) is 0 Å². The molecule has 27 heavy (non-hydrogen) atoms. The minimum atomic E-state index is -0.0217. The molecule has 0 radical (unpaired) electrons. The average Bonchev–Trinajstić information content (AvgIpc) is 3.07. The number of aromatic nitrogens is 1. The number of anilines is 1. The fourth-order valence-corrected chi connectivity index (χ4v) is 4.20. The van der Waals surface area contributed by atoms with Crippen LogP contribution < -0.4 is 5.32 Å². The number of amides is 1. The van der Waals surface area contributed by atoms with Crippen LogP contribution in [0.25, 0.3) is 22.2 Å². The standard InChI is InChI=1S/C22H17BrN2OS/c23-16-10-12-17(13-11-16)24-20(26)14-27-22-18-8-4-5-9-19(18)25-21(22)15-6-2-1-3-7-15/h1-13,25H,14H2,(H,24,26). The number of halogens is 1. The van der Waals surface area contributed by atoms with Crippen molar-refractivity contribution in [1.29, 1.82) is 0 Å². The summed E-state index contributed by atoms with van der Waals surface area (Å²) < 4.78 is 0.987. The van der Waals surface area contributed by atoms with Crippen LogP contribution in [0, 0.1) is 0 Å². The maximum absolute atomic E-state index is 12.4. The fraction of sp³-hybridized carbons (Fsp3) is 0.0455. The smallest absolute Gasteiger partial charge is 0.234 e. The number of hydrogen-bond donors (Lipinski definition) is 2. The van der Waals surface area contributed by atoms with E-state index < -0.39 is 0 Å². The summed E-state index contributed by atoms with van der Waals surface area (Å²) in [7, 11) is 0. The molecule has 0 aliphatic heterocycles. The van der Waals surface area contributed by atoms with E-state index in [2.05, 4.69) is 50.5 Å². The zero-order valence-electron chi connectivity index (χ0n) is 14.4. The van der Waals surface area contributed by atoms with Gasteiger partial charge in [0.2, 0.25) is 5.91 Å². The van der Waals surface area contributed by atoms with E-state index in [0.29, 0.717) is 5.75 Å². The Labute approximate surface area is 170 Å². The molecule has 2 N–H and O–H groups in total. The third kappa shape index (κ3) is 4.10. The van der Waals surface area contributed by atoms with E-state index in [1.807, 2.05) is 54.6 Å². The lowest BCUT2D eigenvalue weighted by Gasteiger charge is -2.07. The summed E-state index contributed by atoms with van der Waals surface area (Å²) in [6.07, 6.45) is 0. The second kappa shape index (κ2) is 8.03. The topological polar surface area (TPSA) is 44.9 Å². The van der Waals surface area contributed by atoms with Crippen molar-refractivity contribution in [2.75, 3.05) is 11.1 Å². The first-order chi connectivity index (χ1) is 13.2. The van der Waals surface area contributed by atoms with E-state index in [-0.39, 0.29) is 5.91 Å². The molecular formula is C22H17BrN2OS. The van der Waals surface area contributed by atoms with Crippen LogP contribution in [0.4, 0.5) is 5.69 Å². The quantitative estimate of drug-likeness (QED) is 0.359. The molecule has 0 aliphatic rings. The summed E-state index contributed by atoms with van der Waals surface area (Å²) >= 11 is 4.96. The molecule has 1 heterocycles. The predicted octanol–water partition coefficient (Wildman–Crippen LogP) is 6.33. The molecule has 5 heteroatoms. The minimum absolute atomic E-state index is 0.0217. The highest BCUT2D eigenvalue weighted by Crippen LogP contribution is 2.37. The highest BCUT2D eigenvalue weighted by molar-refractivity contribution is 9.10. The highest BCUT2D eigenvalue weighted by atomic mass is 79.9. The zero-order chi connectivity index (χ0) is 18.6. The van der Waals surface area contributed by atoms with E-state index in [0.717, 1.165) is 37.2 Å². The van der Waals surface area contributed by atoms with Gasteiger partial charge in [-0.3, -0.25) is 4.79 Å². The van der Waals surface area contributed by atoms with Gasteiger partial charge in [0, 0.05) is 26.0 Å². The predicted molar refractivity (Wildman–Crippen MR) is 117 cm³/mol. The number of carbonyl (C=O) groups is 1. The Morgan fingerprint density at radius 2 is 1.63 bits per heavy atom. The Bertz CT molecular complexity index is 1070. The summed E-state index contributed by atoms with van der Waals surface area (Å²) in [5.41, 5.74) is 4.04. The van der Waals surface area contributed by atoms with Crippen molar-refractivity contribution < 1.29 is 4.79 Å². The maximum atomic E-state index is 12.4. The third-order valence-electron chi connectivity index (χ3n) is 4.20. The summed E-state index contributed by atoms with van der Waals surface area (Å²) in [5.74, 6) is 0.323. The third-order valence-corrected chi connectivity index (χ3v) is 5.84. The normalized spacial score (nSPS) is 10.9. The van der Waals surface area contributed by atoms with Gasteiger partial charge in [-0.05, 0) is 35.9 Å². The van der Waals surface area contributed by atoms with Gasteiger partial charge in [0.15, 0.2) is 0 Å². The number of H-pyrrole nitrogens is 1. The minimum Gasteiger partial charge on any atom is -0.354 e. The Morgan fingerprint density at radius 3 is 2.41 bits per heavy atom. The van der Waals surface area contributed by atoms with Crippen molar-refractivity contribution in [1.82, 2.24) is 4.98 Å².